The molecule has 0 saturated carbocycles. The number of nitrogens with zero attached hydrogens (tertiary/aromatic N) is 2. The number of hydrogen-bond donors (Lipinski definition) is 0. The van der Waals surface area contributed by atoms with E-state index in [0.29, 0.717) is 18.7 Å². The number of rotatable bonds is 3. The SMILES string of the molecule is O=C(c1cccc(S(=O)(=O)N2CCCCCC2)c1)N1CCC1. The van der Waals surface area contributed by atoms with Gasteiger partial charge in [0.1, 0.15) is 0 Å². The number of benzene rings is 1. The molecular formula is C16H22N2O3S. The molecule has 2 saturated heterocycles. The zero-order valence-electron chi connectivity index (χ0n) is 12.7. The molecule has 3 rings (SSSR count). The van der Waals surface area contributed by atoms with E-state index in [-0.39, 0.29) is 10.8 Å². The van der Waals surface area contributed by atoms with Crippen molar-refractivity contribution in [1.82, 2.24) is 9.21 Å². The van der Waals surface area contributed by atoms with Crippen LogP contribution in [0.15, 0.2) is 29.2 Å². The predicted octanol–water partition coefficient (Wildman–Crippen LogP) is 2.10. The summed E-state index contributed by atoms with van der Waals surface area (Å²) in [5.74, 6) is -0.0702. The van der Waals surface area contributed by atoms with E-state index in [1.807, 2.05) is 0 Å². The van der Waals surface area contributed by atoms with Gasteiger partial charge in [-0.05, 0) is 37.5 Å². The maximum Gasteiger partial charge on any atom is 0.253 e. The first-order chi connectivity index (χ1) is 10.6. The van der Waals surface area contributed by atoms with Crippen LogP contribution in [0, 0.1) is 0 Å². The van der Waals surface area contributed by atoms with Crippen molar-refractivity contribution in [2.24, 2.45) is 0 Å². The number of hydrogen-bond acceptors (Lipinski definition) is 3. The Hall–Kier alpha value is -1.40. The quantitative estimate of drug-likeness (QED) is 0.856. The van der Waals surface area contributed by atoms with Crippen LogP contribution in [0.25, 0.3) is 0 Å². The van der Waals surface area contributed by atoms with Gasteiger partial charge in [-0.15, -0.1) is 0 Å². The van der Waals surface area contributed by atoms with Crippen LogP contribution in [0.5, 0.6) is 0 Å². The van der Waals surface area contributed by atoms with Crippen LogP contribution >= 0.6 is 0 Å². The van der Waals surface area contributed by atoms with Crippen molar-refractivity contribution in [1.29, 1.82) is 0 Å². The summed E-state index contributed by atoms with van der Waals surface area (Å²) in [6, 6.07) is 6.48. The summed E-state index contributed by atoms with van der Waals surface area (Å²) in [6.45, 7) is 2.68. The van der Waals surface area contributed by atoms with Gasteiger partial charge in [-0.25, -0.2) is 8.42 Å². The van der Waals surface area contributed by atoms with Gasteiger partial charge in [-0.2, -0.15) is 4.31 Å². The van der Waals surface area contributed by atoms with Crippen molar-refractivity contribution >= 4 is 15.9 Å². The monoisotopic (exact) mass is 322 g/mol. The number of carbonyl (C=O) groups excluding carboxylic acids is 1. The molecule has 120 valence electrons. The summed E-state index contributed by atoms with van der Waals surface area (Å²) in [5, 5.41) is 0. The van der Waals surface area contributed by atoms with Gasteiger partial charge < -0.3 is 4.90 Å². The van der Waals surface area contributed by atoms with Gasteiger partial charge in [-0.1, -0.05) is 18.9 Å². The van der Waals surface area contributed by atoms with Gasteiger partial charge in [0.05, 0.1) is 4.90 Å². The van der Waals surface area contributed by atoms with Crippen LogP contribution in [0.4, 0.5) is 0 Å². The second kappa shape index (κ2) is 6.38. The van der Waals surface area contributed by atoms with Crippen molar-refractivity contribution in [3.05, 3.63) is 29.8 Å². The van der Waals surface area contributed by atoms with Gasteiger partial charge in [0.25, 0.3) is 5.91 Å². The second-order valence-electron chi connectivity index (χ2n) is 5.99. The summed E-state index contributed by atoms with van der Waals surface area (Å²) in [5.41, 5.74) is 0.468. The summed E-state index contributed by atoms with van der Waals surface area (Å²) in [7, 11) is -3.49. The van der Waals surface area contributed by atoms with Crippen LogP contribution in [-0.2, 0) is 10.0 Å². The average Bonchev–Trinajstić information content (AvgIpc) is 2.75. The number of sulfonamides is 1. The van der Waals surface area contributed by atoms with Crippen LogP contribution in [0.2, 0.25) is 0 Å². The zero-order chi connectivity index (χ0) is 15.6. The molecule has 0 unspecified atom stereocenters. The van der Waals surface area contributed by atoms with E-state index in [9.17, 15) is 13.2 Å². The standard InChI is InChI=1S/C16H22N2O3S/c19-16(17-9-6-10-17)14-7-5-8-15(13-14)22(20,21)18-11-3-1-2-4-12-18/h5,7-8,13H,1-4,6,9-12H2. The normalized spacial score (nSPS) is 20.3. The molecule has 22 heavy (non-hydrogen) atoms. The van der Waals surface area contributed by atoms with Gasteiger partial charge in [-0.3, -0.25) is 4.79 Å². The third kappa shape index (κ3) is 3.03. The topological polar surface area (TPSA) is 57.7 Å². The maximum atomic E-state index is 12.8. The van der Waals surface area contributed by atoms with E-state index < -0.39 is 10.0 Å². The van der Waals surface area contributed by atoms with E-state index >= 15 is 0 Å². The Morgan fingerprint density at radius 1 is 0.909 bits per heavy atom. The molecule has 1 aromatic rings. The molecule has 2 heterocycles. The van der Waals surface area contributed by atoms with Gasteiger partial charge in [0, 0.05) is 31.7 Å². The molecule has 0 bridgehead atoms. The highest BCUT2D eigenvalue weighted by Crippen LogP contribution is 2.22. The van der Waals surface area contributed by atoms with E-state index in [2.05, 4.69) is 0 Å². The maximum absolute atomic E-state index is 12.8. The van der Waals surface area contributed by atoms with E-state index in [4.69, 9.17) is 0 Å². The van der Waals surface area contributed by atoms with Crippen LogP contribution in [0.3, 0.4) is 0 Å². The first-order valence-electron chi connectivity index (χ1n) is 7.98. The smallest absolute Gasteiger partial charge is 0.253 e. The van der Waals surface area contributed by atoms with Crippen molar-refractivity contribution in [2.45, 2.75) is 37.0 Å². The zero-order valence-corrected chi connectivity index (χ0v) is 13.5. The molecule has 2 aliphatic rings. The fraction of sp³-hybridized carbons (Fsp3) is 0.562. The Labute approximate surface area is 132 Å². The first kappa shape index (κ1) is 15.5. The van der Waals surface area contributed by atoms with E-state index in [1.165, 1.54) is 6.07 Å². The first-order valence-corrected chi connectivity index (χ1v) is 9.42. The summed E-state index contributed by atoms with van der Waals surface area (Å²) in [4.78, 5) is 14.2. The highest BCUT2D eigenvalue weighted by Gasteiger charge is 2.27. The molecule has 1 amide bonds. The summed E-state index contributed by atoms with van der Waals surface area (Å²) in [6.07, 6.45) is 5.01. The molecule has 6 heteroatoms. The Morgan fingerprint density at radius 3 is 2.18 bits per heavy atom. The minimum atomic E-state index is -3.49. The molecule has 0 aliphatic carbocycles. The summed E-state index contributed by atoms with van der Waals surface area (Å²) >= 11 is 0. The molecule has 0 N–H and O–H groups in total. The molecule has 0 spiro atoms. The molecular weight excluding hydrogens is 300 g/mol. The number of amides is 1. The van der Waals surface area contributed by atoms with Gasteiger partial charge in [0.15, 0.2) is 0 Å². The van der Waals surface area contributed by atoms with Crippen LogP contribution in [-0.4, -0.2) is 49.7 Å². The molecule has 2 aliphatic heterocycles. The van der Waals surface area contributed by atoms with Gasteiger partial charge >= 0.3 is 0 Å². The minimum Gasteiger partial charge on any atom is -0.339 e. The van der Waals surface area contributed by atoms with E-state index in [0.717, 1.165) is 45.2 Å². The average molecular weight is 322 g/mol. The number of carbonyl (C=O) groups is 1. The molecule has 0 radical (unpaired) electrons. The lowest BCUT2D eigenvalue weighted by atomic mass is 10.1. The predicted molar refractivity (Wildman–Crippen MR) is 84.2 cm³/mol. The highest BCUT2D eigenvalue weighted by atomic mass is 32.2. The third-order valence-electron chi connectivity index (χ3n) is 4.43. The Bertz CT molecular complexity index is 645. The van der Waals surface area contributed by atoms with Crippen LogP contribution < -0.4 is 0 Å². The van der Waals surface area contributed by atoms with Crippen molar-refractivity contribution in [3.8, 4) is 0 Å². The lowest BCUT2D eigenvalue weighted by Gasteiger charge is -2.31. The van der Waals surface area contributed by atoms with Crippen molar-refractivity contribution in [3.63, 3.8) is 0 Å². The Morgan fingerprint density at radius 2 is 1.59 bits per heavy atom. The fourth-order valence-corrected chi connectivity index (χ4v) is 4.49. The van der Waals surface area contributed by atoms with E-state index in [1.54, 1.807) is 27.4 Å². The highest BCUT2D eigenvalue weighted by molar-refractivity contribution is 7.89. The van der Waals surface area contributed by atoms with Crippen LogP contribution in [0.1, 0.15) is 42.5 Å². The molecule has 1 aromatic carbocycles. The third-order valence-corrected chi connectivity index (χ3v) is 6.32. The lowest BCUT2D eigenvalue weighted by Crippen LogP contribution is -2.42. The Balaban J connectivity index is 1.85. The summed E-state index contributed by atoms with van der Waals surface area (Å²) < 4.78 is 27.1. The largest absolute Gasteiger partial charge is 0.339 e. The molecule has 0 aromatic heterocycles. The molecule has 0 atom stereocenters. The van der Waals surface area contributed by atoms with Crippen molar-refractivity contribution in [2.75, 3.05) is 26.2 Å². The van der Waals surface area contributed by atoms with Crippen molar-refractivity contribution < 1.29 is 13.2 Å². The Kier molecular flexibility index (Phi) is 4.49. The fourth-order valence-electron chi connectivity index (χ4n) is 2.92. The van der Waals surface area contributed by atoms with Gasteiger partial charge in [0.2, 0.25) is 10.0 Å². The molecule has 5 nitrogen and oxygen atoms in total. The second-order valence-corrected chi connectivity index (χ2v) is 7.93. The molecule has 2 fully saturated rings. The number of likely N-dealkylation sites (tertiary alicyclic amines) is 1. The lowest BCUT2D eigenvalue weighted by molar-refractivity contribution is 0.0651. The minimum absolute atomic E-state index is 0.0702.